The number of fused-ring (bicyclic) bond motifs is 1. The Kier molecular flexibility index (Phi) is 8.58. The SMILES string of the molecule is COc1ccc(CN(Cc2ccnn2CCCCO)c2cc(-c3cccnc3F)nc3c(C)nn(C(C)C)c23)cc1. The van der Waals surface area contributed by atoms with Gasteiger partial charge in [0.25, 0.3) is 0 Å². The number of anilines is 1. The van der Waals surface area contributed by atoms with Crippen LogP contribution in [0.4, 0.5) is 10.1 Å². The summed E-state index contributed by atoms with van der Waals surface area (Å²) in [6.45, 7) is 8.10. The van der Waals surface area contributed by atoms with Crippen LogP contribution in [0.25, 0.3) is 22.3 Å². The van der Waals surface area contributed by atoms with Crippen LogP contribution in [0.15, 0.2) is 60.9 Å². The van der Waals surface area contributed by atoms with E-state index in [-0.39, 0.29) is 12.6 Å². The summed E-state index contributed by atoms with van der Waals surface area (Å²) in [4.78, 5) is 11.0. The zero-order valence-electron chi connectivity index (χ0n) is 24.0. The topological polar surface area (TPSA) is 94.1 Å². The Morgan fingerprint density at radius 2 is 1.85 bits per heavy atom. The first-order chi connectivity index (χ1) is 19.9. The molecular weight excluding hydrogens is 521 g/mol. The van der Waals surface area contributed by atoms with Gasteiger partial charge in [0.15, 0.2) is 0 Å². The van der Waals surface area contributed by atoms with E-state index in [1.807, 2.05) is 40.6 Å². The molecular formula is C31H36FN7O2. The van der Waals surface area contributed by atoms with Crippen LogP contribution < -0.4 is 9.64 Å². The molecule has 0 amide bonds. The van der Waals surface area contributed by atoms with E-state index in [2.05, 4.69) is 41.0 Å². The molecule has 0 fully saturated rings. The number of ether oxygens (including phenoxy) is 1. The predicted octanol–water partition coefficient (Wildman–Crippen LogP) is 5.71. The quantitative estimate of drug-likeness (QED) is 0.155. The number of benzene rings is 1. The van der Waals surface area contributed by atoms with Crippen molar-refractivity contribution in [1.82, 2.24) is 29.5 Å². The molecule has 1 N–H and O–H groups in total. The fourth-order valence-electron chi connectivity index (χ4n) is 5.03. The van der Waals surface area contributed by atoms with Crippen molar-refractivity contribution in [2.24, 2.45) is 0 Å². The molecule has 0 aliphatic heterocycles. The average molecular weight is 558 g/mol. The van der Waals surface area contributed by atoms with Gasteiger partial charge in [-0.3, -0.25) is 9.36 Å². The van der Waals surface area contributed by atoms with Gasteiger partial charge in [-0.05, 0) is 75.6 Å². The minimum absolute atomic E-state index is 0.0829. The Morgan fingerprint density at radius 1 is 1.05 bits per heavy atom. The van der Waals surface area contributed by atoms with Crippen LogP contribution in [0, 0.1) is 12.9 Å². The molecule has 1 aromatic carbocycles. The maximum Gasteiger partial charge on any atom is 0.222 e. The third kappa shape index (κ3) is 6.07. The monoisotopic (exact) mass is 557 g/mol. The molecule has 0 bridgehead atoms. The van der Waals surface area contributed by atoms with Crippen LogP contribution in [0.1, 0.15) is 49.7 Å². The molecule has 4 aromatic heterocycles. The van der Waals surface area contributed by atoms with Gasteiger partial charge in [-0.1, -0.05) is 12.1 Å². The summed E-state index contributed by atoms with van der Waals surface area (Å²) in [5, 5.41) is 18.7. The molecule has 0 saturated carbocycles. The highest BCUT2D eigenvalue weighted by Gasteiger charge is 2.23. The standard InChI is InChI=1S/C31H36FN7O2/c1-21(2)39-30-28(18-27(35-29(30)22(3)36-39)26-8-7-14-33-31(26)32)37(19-23-9-11-25(41-4)12-10-23)20-24-13-15-34-38(24)16-5-6-17-40/h7-15,18,21,40H,5-6,16-17,19-20H2,1-4H3. The van der Waals surface area contributed by atoms with E-state index in [4.69, 9.17) is 14.8 Å². The molecule has 0 spiro atoms. The molecule has 0 aliphatic rings. The van der Waals surface area contributed by atoms with Gasteiger partial charge >= 0.3 is 0 Å². The van der Waals surface area contributed by atoms with Crippen molar-refractivity contribution in [3.8, 4) is 17.0 Å². The summed E-state index contributed by atoms with van der Waals surface area (Å²) in [5.74, 6) is 0.222. The third-order valence-corrected chi connectivity index (χ3v) is 7.13. The van der Waals surface area contributed by atoms with Gasteiger partial charge in [0.05, 0.1) is 42.0 Å². The molecule has 0 atom stereocenters. The summed E-state index contributed by atoms with van der Waals surface area (Å²) in [5.41, 5.74) is 6.25. The molecule has 9 nitrogen and oxygen atoms in total. The number of methoxy groups -OCH3 is 1. The molecule has 41 heavy (non-hydrogen) atoms. The Balaban J connectivity index is 1.68. The Morgan fingerprint density at radius 3 is 2.56 bits per heavy atom. The molecule has 0 radical (unpaired) electrons. The molecule has 10 heteroatoms. The van der Waals surface area contributed by atoms with Gasteiger partial charge in [0, 0.05) is 38.1 Å². The van der Waals surface area contributed by atoms with Crippen molar-refractivity contribution >= 4 is 16.7 Å². The Hall–Kier alpha value is -4.31. The molecule has 214 valence electrons. The fraction of sp³-hybridized carbons (Fsp3) is 0.355. The molecule has 4 heterocycles. The van der Waals surface area contributed by atoms with Crippen molar-refractivity contribution in [2.45, 2.75) is 59.3 Å². The van der Waals surface area contributed by atoms with Crippen LogP contribution in [-0.2, 0) is 19.6 Å². The maximum atomic E-state index is 14.9. The molecule has 5 aromatic rings. The number of pyridine rings is 2. The lowest BCUT2D eigenvalue weighted by Gasteiger charge is -2.27. The normalized spacial score (nSPS) is 11.5. The van der Waals surface area contributed by atoms with E-state index in [1.165, 1.54) is 6.20 Å². The van der Waals surface area contributed by atoms with Gasteiger partial charge < -0.3 is 14.7 Å². The maximum absolute atomic E-state index is 14.9. The molecule has 0 saturated heterocycles. The number of rotatable bonds is 12. The Labute approximate surface area is 239 Å². The number of aliphatic hydroxyl groups excluding tert-OH is 1. The zero-order chi connectivity index (χ0) is 28.9. The first-order valence-electron chi connectivity index (χ1n) is 13.9. The first-order valence-corrected chi connectivity index (χ1v) is 13.9. The van der Waals surface area contributed by atoms with Crippen LogP contribution >= 0.6 is 0 Å². The van der Waals surface area contributed by atoms with Gasteiger partial charge in [0.1, 0.15) is 16.8 Å². The van der Waals surface area contributed by atoms with E-state index < -0.39 is 5.95 Å². The van der Waals surface area contributed by atoms with E-state index in [0.29, 0.717) is 37.3 Å². The van der Waals surface area contributed by atoms with Crippen molar-refractivity contribution in [3.05, 3.63) is 83.8 Å². The number of aryl methyl sites for hydroxylation is 2. The number of halogens is 1. The van der Waals surface area contributed by atoms with Gasteiger partial charge in [-0.15, -0.1) is 0 Å². The number of nitrogens with zero attached hydrogens (tertiary/aromatic N) is 7. The fourth-order valence-corrected chi connectivity index (χ4v) is 5.03. The molecule has 0 aliphatic carbocycles. The third-order valence-electron chi connectivity index (χ3n) is 7.13. The summed E-state index contributed by atoms with van der Waals surface area (Å²) in [6, 6.07) is 15.5. The van der Waals surface area contributed by atoms with E-state index in [9.17, 15) is 9.50 Å². The van der Waals surface area contributed by atoms with Crippen molar-refractivity contribution in [1.29, 1.82) is 0 Å². The predicted molar refractivity (Wildman–Crippen MR) is 157 cm³/mol. The summed E-state index contributed by atoms with van der Waals surface area (Å²) >= 11 is 0. The van der Waals surface area contributed by atoms with Crippen molar-refractivity contribution in [2.75, 3.05) is 18.6 Å². The van der Waals surface area contributed by atoms with Crippen LogP contribution in [0.3, 0.4) is 0 Å². The smallest absolute Gasteiger partial charge is 0.222 e. The van der Waals surface area contributed by atoms with Gasteiger partial charge in [-0.2, -0.15) is 14.6 Å². The second-order valence-corrected chi connectivity index (χ2v) is 10.4. The lowest BCUT2D eigenvalue weighted by Crippen LogP contribution is -2.25. The second kappa shape index (κ2) is 12.5. The highest BCUT2D eigenvalue weighted by Crippen LogP contribution is 2.36. The Bertz CT molecular complexity index is 1610. The molecule has 5 rings (SSSR count). The van der Waals surface area contributed by atoms with Crippen LogP contribution in [-0.4, -0.2) is 48.4 Å². The van der Waals surface area contributed by atoms with Gasteiger partial charge in [0.2, 0.25) is 5.95 Å². The largest absolute Gasteiger partial charge is 0.497 e. The van der Waals surface area contributed by atoms with Crippen molar-refractivity contribution in [3.63, 3.8) is 0 Å². The highest BCUT2D eigenvalue weighted by molar-refractivity contribution is 5.93. The van der Waals surface area contributed by atoms with E-state index >= 15 is 0 Å². The van der Waals surface area contributed by atoms with E-state index in [0.717, 1.165) is 45.8 Å². The second-order valence-electron chi connectivity index (χ2n) is 10.4. The summed E-state index contributed by atoms with van der Waals surface area (Å²) in [7, 11) is 1.65. The van der Waals surface area contributed by atoms with Crippen LogP contribution in [0.2, 0.25) is 0 Å². The lowest BCUT2D eigenvalue weighted by atomic mass is 10.1. The number of aromatic nitrogens is 6. The number of unbranched alkanes of at least 4 members (excludes halogenated alkanes) is 1. The average Bonchev–Trinajstić information content (AvgIpc) is 3.56. The van der Waals surface area contributed by atoms with Crippen molar-refractivity contribution < 1.29 is 14.2 Å². The first kappa shape index (κ1) is 28.2. The number of hydrogen-bond donors (Lipinski definition) is 1. The number of aliphatic hydroxyl groups is 1. The van der Waals surface area contributed by atoms with Crippen LogP contribution in [0.5, 0.6) is 5.75 Å². The minimum Gasteiger partial charge on any atom is -0.497 e. The number of hydrogen-bond acceptors (Lipinski definition) is 7. The van der Waals surface area contributed by atoms with E-state index in [1.54, 1.807) is 25.4 Å². The minimum atomic E-state index is -0.567. The molecule has 0 unspecified atom stereocenters. The van der Waals surface area contributed by atoms with Gasteiger partial charge in [-0.25, -0.2) is 9.97 Å². The summed E-state index contributed by atoms with van der Waals surface area (Å²) < 4.78 is 24.3. The zero-order valence-corrected chi connectivity index (χ0v) is 24.0. The highest BCUT2D eigenvalue weighted by atomic mass is 19.1. The lowest BCUT2D eigenvalue weighted by molar-refractivity contribution is 0.279. The summed E-state index contributed by atoms with van der Waals surface area (Å²) in [6.07, 6.45) is 4.79.